The summed E-state index contributed by atoms with van der Waals surface area (Å²) in [7, 11) is -2.96. The number of ether oxygens (including phenoxy) is 2. The monoisotopic (exact) mass is 418 g/mol. The van der Waals surface area contributed by atoms with Crippen molar-refractivity contribution in [3.8, 4) is 0 Å². The van der Waals surface area contributed by atoms with E-state index < -0.39 is 31.4 Å². The highest BCUT2D eigenvalue weighted by molar-refractivity contribution is 7.33. The van der Waals surface area contributed by atoms with Crippen LogP contribution in [0, 0.1) is 0 Å². The third kappa shape index (κ3) is 8.29. The van der Waals surface area contributed by atoms with Crippen molar-refractivity contribution in [3.63, 3.8) is 0 Å². The molecule has 0 N–H and O–H groups in total. The second-order valence-corrected chi connectivity index (χ2v) is 7.86. The van der Waals surface area contributed by atoms with Gasteiger partial charge >= 0.3 is 20.2 Å². The Kier molecular flexibility index (Phi) is 11.6. The number of hydrogen-bond donors (Lipinski definition) is 0. The molecule has 0 heterocycles. The molecule has 28 heavy (non-hydrogen) atoms. The van der Waals surface area contributed by atoms with Gasteiger partial charge in [-0.25, -0.2) is 9.59 Å². The van der Waals surface area contributed by atoms with Gasteiger partial charge < -0.3 is 18.5 Å². The molecule has 0 aliphatic heterocycles. The Balaban J connectivity index is 5.16. The zero-order valence-corrected chi connectivity index (χ0v) is 19.0. The van der Waals surface area contributed by atoms with E-state index in [1.54, 1.807) is 13.8 Å². The molecular weight excluding hydrogens is 383 g/mol. The summed E-state index contributed by atoms with van der Waals surface area (Å²) < 4.78 is 34.6. The van der Waals surface area contributed by atoms with Gasteiger partial charge in [-0.05, 0) is 39.5 Å². The van der Waals surface area contributed by atoms with Gasteiger partial charge in [0.05, 0.1) is 0 Å². The molecule has 8 heteroatoms. The van der Waals surface area contributed by atoms with Crippen LogP contribution in [0.4, 0.5) is 0 Å². The Bertz CT molecular complexity index is 539. The maximum absolute atomic E-state index is 12.7. The minimum atomic E-state index is -2.96. The van der Waals surface area contributed by atoms with Crippen LogP contribution in [0.1, 0.15) is 67.2 Å². The molecule has 162 valence electrons. The Morgan fingerprint density at radius 2 is 1.04 bits per heavy atom. The summed E-state index contributed by atoms with van der Waals surface area (Å²) in [5, 5.41) is 0. The molecule has 0 saturated heterocycles. The van der Waals surface area contributed by atoms with Crippen LogP contribution in [0.15, 0.2) is 24.3 Å². The van der Waals surface area contributed by atoms with Crippen LogP contribution in [0.25, 0.3) is 0 Å². The van der Waals surface area contributed by atoms with Crippen molar-refractivity contribution >= 4 is 20.2 Å². The number of carbonyl (C=O) groups is 2. The summed E-state index contributed by atoms with van der Waals surface area (Å²) >= 11 is 0. The second-order valence-electron chi connectivity index (χ2n) is 6.95. The van der Waals surface area contributed by atoms with E-state index in [1.807, 2.05) is 27.7 Å². The minimum absolute atomic E-state index is 0.0542. The van der Waals surface area contributed by atoms with Crippen molar-refractivity contribution in [1.82, 2.24) is 0 Å². The Morgan fingerprint density at radius 3 is 1.25 bits per heavy atom. The smallest absolute Gasteiger partial charge is 0.333 e. The molecule has 0 aliphatic rings. The predicted octanol–water partition coefficient (Wildman–Crippen LogP) is 4.77. The molecular formula is C20H35O7P. The summed E-state index contributed by atoms with van der Waals surface area (Å²) in [6, 6.07) is 0. The van der Waals surface area contributed by atoms with Crippen molar-refractivity contribution in [2.24, 2.45) is 0 Å². The van der Waals surface area contributed by atoms with Crippen LogP contribution in [0.5, 0.6) is 0 Å². The fraction of sp³-hybridized carbons (Fsp3) is 0.700. The summed E-state index contributed by atoms with van der Waals surface area (Å²) in [5.41, 5.74) is -1.30. The second kappa shape index (κ2) is 12.2. The van der Waals surface area contributed by atoms with Crippen LogP contribution in [0.3, 0.4) is 0 Å². The topological polar surface area (TPSA) is 88.1 Å². The van der Waals surface area contributed by atoms with Gasteiger partial charge in [0.2, 0.25) is 0 Å². The molecule has 0 aromatic heterocycles. The van der Waals surface area contributed by atoms with Gasteiger partial charge in [0.1, 0.15) is 24.4 Å². The first-order valence-electron chi connectivity index (χ1n) is 9.57. The molecule has 0 spiro atoms. The van der Waals surface area contributed by atoms with Crippen LogP contribution in [0.2, 0.25) is 0 Å². The van der Waals surface area contributed by atoms with Crippen LogP contribution >= 0.6 is 8.25 Å². The van der Waals surface area contributed by atoms with Crippen molar-refractivity contribution in [3.05, 3.63) is 24.3 Å². The molecule has 7 nitrogen and oxygen atoms in total. The van der Waals surface area contributed by atoms with Crippen LogP contribution in [-0.2, 0) is 32.7 Å². The summed E-state index contributed by atoms with van der Waals surface area (Å²) in [5.74, 6) is -1.06. The minimum Gasteiger partial charge on any atom is -0.459 e. The van der Waals surface area contributed by atoms with Gasteiger partial charge in [-0.15, -0.1) is 0 Å². The average molecular weight is 418 g/mol. The van der Waals surface area contributed by atoms with E-state index in [0.717, 1.165) is 0 Å². The van der Waals surface area contributed by atoms with Gasteiger partial charge in [0, 0.05) is 11.1 Å². The first-order valence-corrected chi connectivity index (χ1v) is 10.8. The highest BCUT2D eigenvalue weighted by Crippen LogP contribution is 2.41. The first-order chi connectivity index (χ1) is 13.0. The molecule has 0 saturated carbocycles. The van der Waals surface area contributed by atoms with Crippen molar-refractivity contribution < 1.29 is 32.7 Å². The van der Waals surface area contributed by atoms with E-state index in [-0.39, 0.29) is 24.4 Å². The Hall–Kier alpha value is -1.43. The molecule has 0 aromatic rings. The van der Waals surface area contributed by atoms with E-state index in [1.165, 1.54) is 0 Å². The van der Waals surface area contributed by atoms with Crippen molar-refractivity contribution in [1.29, 1.82) is 0 Å². The zero-order chi connectivity index (χ0) is 22.0. The Labute approximate surface area is 169 Å². The van der Waals surface area contributed by atoms with Crippen LogP contribution in [-0.4, -0.2) is 36.4 Å². The molecule has 0 aliphatic carbocycles. The molecule has 0 radical (unpaired) electrons. The van der Waals surface area contributed by atoms with E-state index in [4.69, 9.17) is 18.5 Å². The third-order valence-corrected chi connectivity index (χ3v) is 6.01. The lowest BCUT2D eigenvalue weighted by molar-refractivity contribution is -0.148. The van der Waals surface area contributed by atoms with Gasteiger partial charge in [-0.3, -0.25) is 4.57 Å². The van der Waals surface area contributed by atoms with E-state index in [0.29, 0.717) is 25.7 Å². The quantitative estimate of drug-likeness (QED) is 0.228. The number of rotatable bonds is 14. The maximum Gasteiger partial charge on any atom is 0.333 e. The zero-order valence-electron chi connectivity index (χ0n) is 18.0. The largest absolute Gasteiger partial charge is 0.459 e. The standard InChI is InChI=1S/C20H35O7P/c1-9-19(10-2,13-24-17(21)15(5)6)26-28(23)27-20(11-3,12-4)14-25-18(22)16(7)8/h28H,5,7,9-14H2,1-4,6,8H3. The molecule has 0 fully saturated rings. The predicted molar refractivity (Wildman–Crippen MR) is 109 cm³/mol. The molecule has 0 unspecified atom stereocenters. The van der Waals surface area contributed by atoms with E-state index in [2.05, 4.69) is 13.2 Å². The summed E-state index contributed by atoms with van der Waals surface area (Å²) in [6.45, 7) is 17.5. The first kappa shape index (κ1) is 26.6. The summed E-state index contributed by atoms with van der Waals surface area (Å²) in [6.07, 6.45) is 1.90. The Morgan fingerprint density at radius 1 is 0.750 bits per heavy atom. The summed E-state index contributed by atoms with van der Waals surface area (Å²) in [4.78, 5) is 23.4. The molecule has 0 rings (SSSR count). The number of esters is 2. The lowest BCUT2D eigenvalue weighted by Crippen LogP contribution is -2.39. The van der Waals surface area contributed by atoms with E-state index in [9.17, 15) is 14.2 Å². The van der Waals surface area contributed by atoms with E-state index >= 15 is 0 Å². The van der Waals surface area contributed by atoms with Gasteiger partial charge in [0.25, 0.3) is 0 Å². The number of carbonyl (C=O) groups excluding carboxylic acids is 2. The molecule has 0 aromatic carbocycles. The van der Waals surface area contributed by atoms with Gasteiger partial charge in [-0.2, -0.15) is 0 Å². The lowest BCUT2D eigenvalue weighted by atomic mass is 9.99. The molecule has 0 bridgehead atoms. The fourth-order valence-electron chi connectivity index (χ4n) is 2.27. The van der Waals surface area contributed by atoms with Crippen molar-refractivity contribution in [2.45, 2.75) is 78.4 Å². The average Bonchev–Trinajstić information content (AvgIpc) is 2.67. The van der Waals surface area contributed by atoms with Gasteiger partial charge in [-0.1, -0.05) is 40.9 Å². The van der Waals surface area contributed by atoms with Crippen LogP contribution < -0.4 is 0 Å². The maximum atomic E-state index is 12.7. The van der Waals surface area contributed by atoms with Crippen molar-refractivity contribution in [2.75, 3.05) is 13.2 Å². The highest BCUT2D eigenvalue weighted by Gasteiger charge is 2.36. The number of hydrogen-bond acceptors (Lipinski definition) is 7. The lowest BCUT2D eigenvalue weighted by Gasteiger charge is -2.35. The molecule has 0 amide bonds. The third-order valence-electron chi connectivity index (χ3n) is 4.81. The fourth-order valence-corrected chi connectivity index (χ4v) is 3.71. The van der Waals surface area contributed by atoms with Gasteiger partial charge in [0.15, 0.2) is 0 Å². The normalized spacial score (nSPS) is 12.0. The SMILES string of the molecule is C=C(C)C(=O)OCC(CC)(CC)O[PH](=O)OC(CC)(CC)COC(=O)C(=C)C. The molecule has 0 atom stereocenters. The highest BCUT2D eigenvalue weighted by atomic mass is 31.1.